The summed E-state index contributed by atoms with van der Waals surface area (Å²) in [5.41, 5.74) is 1.16. The molecule has 86 valence electrons. The van der Waals surface area contributed by atoms with E-state index in [4.69, 9.17) is 0 Å². The molecule has 4 rings (SSSR count). The first-order chi connectivity index (χ1) is 7.72. The zero-order valence-corrected chi connectivity index (χ0v) is 10.1. The lowest BCUT2D eigenvalue weighted by Crippen LogP contribution is -2.49. The zero-order chi connectivity index (χ0) is 11.1. The topological polar surface area (TPSA) is 29.0 Å². The molecule has 16 heavy (non-hydrogen) atoms. The Morgan fingerprint density at radius 2 is 1.94 bits per heavy atom. The summed E-state index contributed by atoms with van der Waals surface area (Å²) >= 11 is 0. The van der Waals surface area contributed by atoms with Crippen LogP contribution in [0.1, 0.15) is 38.3 Å². The second-order valence-electron chi connectivity index (χ2n) is 5.54. The normalized spacial score (nSPS) is 28.1. The Morgan fingerprint density at radius 3 is 2.56 bits per heavy atom. The number of piperidine rings is 2. The molecule has 2 aliphatic heterocycles. The van der Waals surface area contributed by atoms with E-state index in [1.165, 1.54) is 12.8 Å². The molecule has 0 unspecified atom stereocenters. The van der Waals surface area contributed by atoms with Gasteiger partial charge in [0.25, 0.3) is 0 Å². The van der Waals surface area contributed by atoms with Crippen LogP contribution in [0.4, 0.5) is 5.95 Å². The minimum atomic E-state index is 0.487. The average Bonchev–Trinajstić information content (AvgIpc) is 2.28. The van der Waals surface area contributed by atoms with E-state index in [9.17, 15) is 0 Å². The zero-order valence-electron chi connectivity index (χ0n) is 10.1. The van der Waals surface area contributed by atoms with E-state index in [1.54, 1.807) is 0 Å². The van der Waals surface area contributed by atoms with E-state index in [0.717, 1.165) is 36.6 Å². The summed E-state index contributed by atoms with van der Waals surface area (Å²) in [6.45, 7) is 6.69. The summed E-state index contributed by atoms with van der Waals surface area (Å²) in [5.74, 6) is 3.25. The number of aromatic nitrogens is 2. The standard InChI is InChI=1S/C13H19N3/c1-9(2)12-3-4-14-13(15-12)16-7-10-5-11(6-10)8-16/h3-4,9-11H,5-8H2,1-2H3. The van der Waals surface area contributed by atoms with Gasteiger partial charge in [-0.15, -0.1) is 0 Å². The maximum atomic E-state index is 4.67. The molecule has 0 N–H and O–H groups in total. The van der Waals surface area contributed by atoms with E-state index in [-0.39, 0.29) is 0 Å². The lowest BCUT2D eigenvalue weighted by atomic mass is 9.71. The van der Waals surface area contributed by atoms with Crippen LogP contribution in [0.2, 0.25) is 0 Å². The Hall–Kier alpha value is -1.12. The smallest absolute Gasteiger partial charge is 0.225 e. The minimum absolute atomic E-state index is 0.487. The molecule has 3 heteroatoms. The van der Waals surface area contributed by atoms with Crippen molar-refractivity contribution < 1.29 is 0 Å². The van der Waals surface area contributed by atoms with Gasteiger partial charge in [0.05, 0.1) is 0 Å². The molecule has 2 saturated heterocycles. The number of nitrogens with zero attached hydrogens (tertiary/aromatic N) is 3. The summed E-state index contributed by atoms with van der Waals surface area (Å²) in [7, 11) is 0. The van der Waals surface area contributed by atoms with Crippen molar-refractivity contribution in [2.75, 3.05) is 18.0 Å². The number of hydrogen-bond donors (Lipinski definition) is 0. The molecule has 1 aromatic heterocycles. The molecule has 2 bridgehead atoms. The summed E-state index contributed by atoms with van der Waals surface area (Å²) in [5, 5.41) is 0. The molecular formula is C13H19N3. The fourth-order valence-corrected chi connectivity index (χ4v) is 2.87. The predicted molar refractivity (Wildman–Crippen MR) is 64.5 cm³/mol. The van der Waals surface area contributed by atoms with Crippen LogP contribution in [-0.2, 0) is 0 Å². The van der Waals surface area contributed by atoms with Gasteiger partial charge in [-0.25, -0.2) is 9.97 Å². The number of fused-ring (bicyclic) bond motifs is 2. The quantitative estimate of drug-likeness (QED) is 0.762. The Kier molecular flexibility index (Phi) is 2.34. The molecule has 1 aromatic rings. The number of anilines is 1. The van der Waals surface area contributed by atoms with Crippen molar-refractivity contribution in [3.05, 3.63) is 18.0 Å². The Balaban J connectivity index is 1.80. The van der Waals surface area contributed by atoms with E-state index in [2.05, 4.69) is 28.7 Å². The third-order valence-corrected chi connectivity index (χ3v) is 3.83. The van der Waals surface area contributed by atoms with Crippen LogP contribution in [0.25, 0.3) is 0 Å². The van der Waals surface area contributed by atoms with Crippen LogP contribution in [0.3, 0.4) is 0 Å². The highest BCUT2D eigenvalue weighted by Crippen LogP contribution is 2.40. The fraction of sp³-hybridized carbons (Fsp3) is 0.692. The molecule has 0 aromatic carbocycles. The highest BCUT2D eigenvalue weighted by atomic mass is 15.3. The molecule has 0 spiro atoms. The molecular weight excluding hydrogens is 198 g/mol. The average molecular weight is 217 g/mol. The van der Waals surface area contributed by atoms with Crippen LogP contribution < -0.4 is 4.90 Å². The lowest BCUT2D eigenvalue weighted by molar-refractivity contribution is 0.157. The predicted octanol–water partition coefficient (Wildman–Crippen LogP) is 2.45. The summed E-state index contributed by atoms with van der Waals surface area (Å²) in [6.07, 6.45) is 4.76. The maximum absolute atomic E-state index is 4.67. The minimum Gasteiger partial charge on any atom is -0.340 e. The van der Waals surface area contributed by atoms with Crippen molar-refractivity contribution in [1.82, 2.24) is 9.97 Å². The first-order valence-electron chi connectivity index (χ1n) is 6.30. The van der Waals surface area contributed by atoms with Gasteiger partial charge >= 0.3 is 0 Å². The number of rotatable bonds is 2. The monoisotopic (exact) mass is 217 g/mol. The third kappa shape index (κ3) is 1.68. The van der Waals surface area contributed by atoms with E-state index < -0.39 is 0 Å². The summed E-state index contributed by atoms with van der Waals surface area (Å²) in [4.78, 5) is 11.5. The lowest BCUT2D eigenvalue weighted by Gasteiger charge is -2.47. The number of hydrogen-bond acceptors (Lipinski definition) is 3. The van der Waals surface area contributed by atoms with Gasteiger partial charge in [-0.2, -0.15) is 0 Å². The molecule has 1 saturated carbocycles. The SMILES string of the molecule is CC(C)c1ccnc(N2CC3CC(C3)C2)n1. The van der Waals surface area contributed by atoms with Crippen molar-refractivity contribution in [2.45, 2.75) is 32.6 Å². The molecule has 3 heterocycles. The first kappa shape index (κ1) is 10.1. The van der Waals surface area contributed by atoms with Crippen molar-refractivity contribution in [3.63, 3.8) is 0 Å². The van der Waals surface area contributed by atoms with Gasteiger partial charge in [0.15, 0.2) is 0 Å². The van der Waals surface area contributed by atoms with Crippen molar-refractivity contribution in [2.24, 2.45) is 11.8 Å². The Morgan fingerprint density at radius 1 is 1.25 bits per heavy atom. The van der Waals surface area contributed by atoms with Crippen LogP contribution in [-0.4, -0.2) is 23.1 Å². The molecule has 3 nitrogen and oxygen atoms in total. The van der Waals surface area contributed by atoms with Gasteiger partial charge in [-0.3, -0.25) is 0 Å². The van der Waals surface area contributed by atoms with Crippen LogP contribution >= 0.6 is 0 Å². The molecule has 0 amide bonds. The van der Waals surface area contributed by atoms with Crippen LogP contribution in [0, 0.1) is 11.8 Å². The highest BCUT2D eigenvalue weighted by Gasteiger charge is 2.37. The van der Waals surface area contributed by atoms with Gasteiger partial charge in [-0.1, -0.05) is 13.8 Å². The van der Waals surface area contributed by atoms with E-state index in [0.29, 0.717) is 5.92 Å². The second kappa shape index (κ2) is 3.72. The first-order valence-corrected chi connectivity index (χ1v) is 6.30. The van der Waals surface area contributed by atoms with Crippen molar-refractivity contribution >= 4 is 5.95 Å². The second-order valence-corrected chi connectivity index (χ2v) is 5.54. The van der Waals surface area contributed by atoms with Gasteiger partial charge in [0, 0.05) is 25.0 Å². The Labute approximate surface area is 96.9 Å². The fourth-order valence-electron chi connectivity index (χ4n) is 2.87. The van der Waals surface area contributed by atoms with Crippen molar-refractivity contribution in [3.8, 4) is 0 Å². The third-order valence-electron chi connectivity index (χ3n) is 3.83. The molecule has 3 fully saturated rings. The molecule has 1 aliphatic carbocycles. The van der Waals surface area contributed by atoms with Gasteiger partial charge in [-0.05, 0) is 36.7 Å². The molecule has 3 aliphatic rings. The summed E-state index contributed by atoms with van der Waals surface area (Å²) in [6, 6.07) is 2.03. The van der Waals surface area contributed by atoms with Gasteiger partial charge < -0.3 is 4.90 Å². The van der Waals surface area contributed by atoms with E-state index >= 15 is 0 Å². The molecule has 0 atom stereocenters. The van der Waals surface area contributed by atoms with Gasteiger partial charge in [0.1, 0.15) is 0 Å². The highest BCUT2D eigenvalue weighted by molar-refractivity contribution is 5.33. The summed E-state index contributed by atoms with van der Waals surface area (Å²) < 4.78 is 0. The van der Waals surface area contributed by atoms with Crippen LogP contribution in [0.15, 0.2) is 12.3 Å². The largest absolute Gasteiger partial charge is 0.340 e. The van der Waals surface area contributed by atoms with Crippen molar-refractivity contribution in [1.29, 1.82) is 0 Å². The molecule has 0 radical (unpaired) electrons. The van der Waals surface area contributed by atoms with Gasteiger partial charge in [0.2, 0.25) is 5.95 Å². The Bertz CT molecular complexity index is 373. The maximum Gasteiger partial charge on any atom is 0.225 e. The van der Waals surface area contributed by atoms with Crippen LogP contribution in [0.5, 0.6) is 0 Å². The van der Waals surface area contributed by atoms with E-state index in [1.807, 2.05) is 12.3 Å².